The van der Waals surface area contributed by atoms with Crippen molar-refractivity contribution < 1.29 is 8.42 Å². The van der Waals surface area contributed by atoms with E-state index >= 15 is 0 Å². The van der Waals surface area contributed by atoms with Crippen molar-refractivity contribution in [3.8, 4) is 0 Å². The van der Waals surface area contributed by atoms with E-state index in [0.29, 0.717) is 10.3 Å². The lowest BCUT2D eigenvalue weighted by Gasteiger charge is -2.27. The molecular weight excluding hydrogens is 304 g/mol. The molecule has 0 bridgehead atoms. The number of sulfonamides is 1. The average molecular weight is 331 g/mol. The van der Waals surface area contributed by atoms with Crippen LogP contribution in [0.5, 0.6) is 0 Å². The molecule has 0 radical (unpaired) electrons. The van der Waals surface area contributed by atoms with Gasteiger partial charge in [-0.2, -0.15) is 0 Å². The highest BCUT2D eigenvalue weighted by atomic mass is 32.2. The van der Waals surface area contributed by atoms with Gasteiger partial charge in [0.1, 0.15) is 4.21 Å². The first-order chi connectivity index (χ1) is 9.88. The lowest BCUT2D eigenvalue weighted by Crippen LogP contribution is -2.44. The highest BCUT2D eigenvalue weighted by Crippen LogP contribution is 2.25. The zero-order chi connectivity index (χ0) is 15.5. The zero-order valence-electron chi connectivity index (χ0n) is 13.1. The highest BCUT2D eigenvalue weighted by Gasteiger charge is 2.28. The molecule has 0 aromatic carbocycles. The van der Waals surface area contributed by atoms with Crippen molar-refractivity contribution in [2.24, 2.45) is 0 Å². The van der Waals surface area contributed by atoms with Crippen LogP contribution in [-0.4, -0.2) is 26.5 Å². The van der Waals surface area contributed by atoms with Gasteiger partial charge in [0.25, 0.3) is 10.0 Å². The van der Waals surface area contributed by atoms with Crippen molar-refractivity contribution in [1.82, 2.24) is 10.0 Å². The summed E-state index contributed by atoms with van der Waals surface area (Å²) in [5, 5.41) is 3.45. The summed E-state index contributed by atoms with van der Waals surface area (Å²) < 4.78 is 28.2. The maximum Gasteiger partial charge on any atom is 0.250 e. The van der Waals surface area contributed by atoms with Gasteiger partial charge < -0.3 is 5.32 Å². The number of rotatable bonds is 9. The van der Waals surface area contributed by atoms with Crippen LogP contribution in [0.2, 0.25) is 0 Å². The molecule has 1 aromatic rings. The SMILES string of the molecule is CCC(C)(CC)NS(=O)(=O)c1ccc(CCNC2CC2)s1. The minimum absolute atomic E-state index is 0.365. The largest absolute Gasteiger partial charge is 0.314 e. The highest BCUT2D eigenvalue weighted by molar-refractivity contribution is 7.91. The molecule has 1 heterocycles. The van der Waals surface area contributed by atoms with Crippen molar-refractivity contribution in [3.05, 3.63) is 17.0 Å². The predicted molar refractivity (Wildman–Crippen MR) is 88.4 cm³/mol. The molecule has 1 saturated carbocycles. The molecule has 0 aliphatic heterocycles. The van der Waals surface area contributed by atoms with Gasteiger partial charge in [-0.1, -0.05) is 13.8 Å². The number of thiophene rings is 1. The minimum atomic E-state index is -3.40. The molecule has 2 N–H and O–H groups in total. The van der Waals surface area contributed by atoms with Crippen molar-refractivity contribution in [3.63, 3.8) is 0 Å². The van der Waals surface area contributed by atoms with Gasteiger partial charge >= 0.3 is 0 Å². The van der Waals surface area contributed by atoms with E-state index in [2.05, 4.69) is 10.0 Å². The zero-order valence-corrected chi connectivity index (χ0v) is 14.7. The smallest absolute Gasteiger partial charge is 0.250 e. The first kappa shape index (κ1) is 16.9. The summed E-state index contributed by atoms with van der Waals surface area (Å²) in [5.74, 6) is 0. The van der Waals surface area contributed by atoms with Crippen LogP contribution in [-0.2, 0) is 16.4 Å². The summed E-state index contributed by atoms with van der Waals surface area (Å²) in [4.78, 5) is 1.12. The second kappa shape index (κ2) is 6.77. The average Bonchev–Trinajstić information content (AvgIpc) is 3.13. The molecule has 0 amide bonds. The van der Waals surface area contributed by atoms with Gasteiger partial charge in [0.15, 0.2) is 0 Å². The summed E-state index contributed by atoms with van der Waals surface area (Å²) in [6.07, 6.45) is 5.02. The Morgan fingerprint density at radius 2 is 1.95 bits per heavy atom. The molecule has 0 unspecified atom stereocenters. The number of hydrogen-bond acceptors (Lipinski definition) is 4. The molecule has 4 nitrogen and oxygen atoms in total. The van der Waals surface area contributed by atoms with Crippen molar-refractivity contribution in [2.45, 2.75) is 68.7 Å². The van der Waals surface area contributed by atoms with E-state index in [9.17, 15) is 8.42 Å². The fourth-order valence-corrected chi connectivity index (χ4v) is 5.00. The maximum absolute atomic E-state index is 12.5. The molecular formula is C15H26N2O2S2. The van der Waals surface area contributed by atoms with E-state index in [1.54, 1.807) is 6.07 Å². The summed E-state index contributed by atoms with van der Waals surface area (Å²) in [7, 11) is -3.40. The van der Waals surface area contributed by atoms with E-state index < -0.39 is 10.0 Å². The summed E-state index contributed by atoms with van der Waals surface area (Å²) in [6, 6.07) is 4.36. The van der Waals surface area contributed by atoms with Gasteiger partial charge in [-0.25, -0.2) is 13.1 Å². The molecule has 1 aliphatic rings. The lowest BCUT2D eigenvalue weighted by atomic mass is 9.98. The third kappa shape index (κ3) is 4.77. The van der Waals surface area contributed by atoms with Crippen LogP contribution in [0.15, 0.2) is 16.3 Å². The van der Waals surface area contributed by atoms with Crippen LogP contribution < -0.4 is 10.0 Å². The second-order valence-corrected chi connectivity index (χ2v) is 9.15. The first-order valence-corrected chi connectivity index (χ1v) is 10.0. The predicted octanol–water partition coefficient (Wildman–Crippen LogP) is 2.90. The first-order valence-electron chi connectivity index (χ1n) is 7.74. The van der Waals surface area contributed by atoms with Crippen LogP contribution in [0.1, 0.15) is 51.3 Å². The molecule has 6 heteroatoms. The Morgan fingerprint density at radius 3 is 2.52 bits per heavy atom. The summed E-state index contributed by atoms with van der Waals surface area (Å²) in [5.41, 5.74) is -0.365. The van der Waals surface area contributed by atoms with Gasteiger partial charge in [0.05, 0.1) is 0 Å². The Labute approximate surface area is 132 Å². The Morgan fingerprint density at radius 1 is 1.29 bits per heavy atom. The van der Waals surface area contributed by atoms with E-state index in [1.807, 2.05) is 26.8 Å². The molecule has 0 atom stereocenters. The van der Waals surface area contributed by atoms with Gasteiger partial charge in [-0.05, 0) is 51.2 Å². The molecule has 1 aliphatic carbocycles. The van der Waals surface area contributed by atoms with Crippen molar-refractivity contribution in [2.75, 3.05) is 6.54 Å². The number of hydrogen-bond donors (Lipinski definition) is 2. The van der Waals surface area contributed by atoms with Crippen molar-refractivity contribution >= 4 is 21.4 Å². The van der Waals surface area contributed by atoms with Crippen LogP contribution >= 0.6 is 11.3 Å². The van der Waals surface area contributed by atoms with Gasteiger partial charge in [0, 0.05) is 23.0 Å². The van der Waals surface area contributed by atoms with Crippen LogP contribution in [0, 0.1) is 0 Å². The van der Waals surface area contributed by atoms with Gasteiger partial charge in [-0.3, -0.25) is 0 Å². The van der Waals surface area contributed by atoms with E-state index in [-0.39, 0.29) is 5.54 Å². The quantitative estimate of drug-likeness (QED) is 0.732. The fourth-order valence-electron chi connectivity index (χ4n) is 2.09. The van der Waals surface area contributed by atoms with Crippen LogP contribution in [0.3, 0.4) is 0 Å². The van der Waals surface area contributed by atoms with Gasteiger partial charge in [-0.15, -0.1) is 11.3 Å². The van der Waals surface area contributed by atoms with E-state index in [4.69, 9.17) is 0 Å². The molecule has 0 spiro atoms. The standard InChI is InChI=1S/C15H26N2O2S2/c1-4-15(3,5-2)17-21(18,19)14-9-8-13(20-14)10-11-16-12-6-7-12/h8-9,12,16-17H,4-7,10-11H2,1-3H3. The summed E-state index contributed by atoms with van der Waals surface area (Å²) >= 11 is 1.38. The Balaban J connectivity index is 1.97. The Bertz CT molecular complexity index is 558. The molecule has 21 heavy (non-hydrogen) atoms. The molecule has 1 fully saturated rings. The normalized spacial score (nSPS) is 16.3. The molecule has 1 aromatic heterocycles. The minimum Gasteiger partial charge on any atom is -0.314 e. The Hall–Kier alpha value is -0.430. The lowest BCUT2D eigenvalue weighted by molar-refractivity contribution is 0.389. The van der Waals surface area contributed by atoms with E-state index in [0.717, 1.165) is 30.7 Å². The van der Waals surface area contributed by atoms with E-state index in [1.165, 1.54) is 24.2 Å². The maximum atomic E-state index is 12.5. The third-order valence-electron chi connectivity index (χ3n) is 4.23. The fraction of sp³-hybridized carbons (Fsp3) is 0.733. The molecule has 0 saturated heterocycles. The van der Waals surface area contributed by atoms with Gasteiger partial charge in [0.2, 0.25) is 0 Å². The molecule has 2 rings (SSSR count). The Kier molecular flexibility index (Phi) is 5.46. The van der Waals surface area contributed by atoms with Crippen LogP contribution in [0.4, 0.5) is 0 Å². The third-order valence-corrected chi connectivity index (χ3v) is 7.50. The molecule has 120 valence electrons. The number of nitrogens with one attached hydrogen (secondary N) is 2. The topological polar surface area (TPSA) is 58.2 Å². The monoisotopic (exact) mass is 330 g/mol. The second-order valence-electron chi connectivity index (χ2n) is 6.07. The summed E-state index contributed by atoms with van der Waals surface area (Å²) in [6.45, 7) is 6.91. The van der Waals surface area contributed by atoms with Crippen LogP contribution in [0.25, 0.3) is 0 Å². The van der Waals surface area contributed by atoms with Crippen molar-refractivity contribution in [1.29, 1.82) is 0 Å².